The van der Waals surface area contributed by atoms with Gasteiger partial charge in [0.2, 0.25) is 0 Å². The number of benzene rings is 3. The number of alkyl halides is 2. The van der Waals surface area contributed by atoms with Crippen molar-refractivity contribution in [1.82, 2.24) is 39.5 Å². The summed E-state index contributed by atoms with van der Waals surface area (Å²) < 4.78 is 66.8. The molecule has 16 nitrogen and oxygen atoms in total. The van der Waals surface area contributed by atoms with Crippen LogP contribution in [0.15, 0.2) is 109 Å². The Morgan fingerprint density at radius 2 is 1.47 bits per heavy atom. The summed E-state index contributed by atoms with van der Waals surface area (Å²) in [7, 11) is -4.75. The van der Waals surface area contributed by atoms with Crippen molar-refractivity contribution in [2.24, 2.45) is 0 Å². The molecule has 1 aliphatic heterocycles. The zero-order valence-corrected chi connectivity index (χ0v) is 32.2. The lowest BCUT2D eigenvalue weighted by Crippen LogP contribution is -2.48. The van der Waals surface area contributed by atoms with Crippen molar-refractivity contribution in [2.45, 2.75) is 50.5 Å². The fraction of sp³-hybridized carbons (Fsp3) is 0.316. The van der Waals surface area contributed by atoms with E-state index in [1.807, 2.05) is 48.5 Å². The molecule has 7 rings (SSSR count). The van der Waals surface area contributed by atoms with Crippen molar-refractivity contribution < 1.29 is 37.2 Å². The fourth-order valence-electron chi connectivity index (χ4n) is 7.22. The van der Waals surface area contributed by atoms with Crippen molar-refractivity contribution in [3.8, 4) is 16.8 Å². The Morgan fingerprint density at radius 1 is 0.862 bits per heavy atom. The Hall–Kier alpha value is -5.72. The Bertz CT molecular complexity index is 2420. The summed E-state index contributed by atoms with van der Waals surface area (Å²) in [4.78, 5) is 40.1. The zero-order valence-electron chi connectivity index (χ0n) is 31.3. The maximum absolute atomic E-state index is 16.2. The average Bonchev–Trinajstić information content (AvgIpc) is 3.87. The van der Waals surface area contributed by atoms with Crippen LogP contribution in [0.1, 0.15) is 37.6 Å². The lowest BCUT2D eigenvalue weighted by atomic mass is 9.84. The maximum Gasteiger partial charge on any atom is 0.469 e. The van der Waals surface area contributed by atoms with Crippen LogP contribution in [0.3, 0.4) is 0 Å². The van der Waals surface area contributed by atoms with Crippen molar-refractivity contribution in [3.63, 3.8) is 0 Å². The molecule has 0 radical (unpaired) electrons. The smallest absolute Gasteiger partial charge is 0.377 e. The van der Waals surface area contributed by atoms with Crippen LogP contribution in [-0.4, -0.2) is 86.7 Å². The predicted octanol–water partition coefficient (Wildman–Crippen LogP) is 4.68. The number of pyridine rings is 1. The molecule has 20 heteroatoms. The van der Waals surface area contributed by atoms with E-state index in [2.05, 4.69) is 35.4 Å². The van der Waals surface area contributed by atoms with Crippen molar-refractivity contribution >= 4 is 19.2 Å². The number of piperazine rings is 1. The summed E-state index contributed by atoms with van der Waals surface area (Å²) in [6, 6.07) is 21.8. The highest BCUT2D eigenvalue weighted by Gasteiger charge is 2.57. The number of phosphoric ester groups is 1. The van der Waals surface area contributed by atoms with Gasteiger partial charge in [-0.05, 0) is 77.9 Å². The second-order valence-electron chi connectivity index (χ2n) is 13.9. The molecule has 3 aromatic carbocycles. The lowest BCUT2D eigenvalue weighted by Gasteiger charge is -2.37. The highest BCUT2D eigenvalue weighted by Crippen LogP contribution is 2.47. The first-order chi connectivity index (χ1) is 27.7. The molecule has 0 saturated carbocycles. The number of halogens is 3. The van der Waals surface area contributed by atoms with Gasteiger partial charge in [0.15, 0.2) is 5.60 Å². The predicted molar refractivity (Wildman–Crippen MR) is 206 cm³/mol. The van der Waals surface area contributed by atoms with Gasteiger partial charge in [-0.2, -0.15) is 13.9 Å². The van der Waals surface area contributed by atoms with Crippen molar-refractivity contribution in [1.29, 1.82) is 0 Å². The van der Waals surface area contributed by atoms with Crippen LogP contribution in [0.2, 0.25) is 0 Å². The van der Waals surface area contributed by atoms with Crippen LogP contribution in [0, 0.1) is 5.82 Å². The molecule has 0 bridgehead atoms. The van der Waals surface area contributed by atoms with Crippen LogP contribution < -0.4 is 15.5 Å². The standard InChI is InChI=1S/C38H40F3N10O6P/c1-3-34(26(2)57-58(54,55)56)51-36(52)50(25-44-51)31-15-13-30(14-16-31)48-20-18-47(19-21-48)29-11-8-27(9-12-29)28-10-17-35(42-22-28)38(40,41)37(53,23-49-24-43-45-46-49)32-6-4-5-7-33(32)39/h4-17,22,24-26,34,53H,3,18-21,23H2,1-2H3,(H2,54,55,56)/t26-,34-,37?/m0/s1. The number of aliphatic hydroxyl groups is 1. The Kier molecular flexibility index (Phi) is 11.3. The van der Waals surface area contributed by atoms with Crippen molar-refractivity contribution in [3.05, 3.63) is 131 Å². The second-order valence-corrected chi connectivity index (χ2v) is 15.1. The topological polar surface area (TPSA) is 190 Å². The van der Waals surface area contributed by atoms with Gasteiger partial charge in [-0.3, -0.25) is 9.51 Å². The fourth-order valence-corrected chi connectivity index (χ4v) is 7.80. The minimum Gasteiger partial charge on any atom is -0.377 e. The van der Waals surface area contributed by atoms with Gasteiger partial charge in [0.25, 0.3) is 0 Å². The molecule has 0 spiro atoms. The van der Waals surface area contributed by atoms with E-state index in [1.54, 1.807) is 6.92 Å². The summed E-state index contributed by atoms with van der Waals surface area (Å²) in [5, 5.41) is 26.1. The second kappa shape index (κ2) is 16.3. The molecule has 1 saturated heterocycles. The molecule has 3 N–H and O–H groups in total. The first-order valence-electron chi connectivity index (χ1n) is 18.3. The number of tetrazole rings is 1. The summed E-state index contributed by atoms with van der Waals surface area (Å²) in [5.74, 6) is -5.06. The number of aromatic nitrogens is 8. The Labute approximate surface area is 330 Å². The Balaban J connectivity index is 0.985. The van der Waals surface area contributed by atoms with Gasteiger partial charge >= 0.3 is 19.4 Å². The van der Waals surface area contributed by atoms with Gasteiger partial charge in [-0.25, -0.2) is 27.7 Å². The molecule has 6 aromatic rings. The number of nitrogens with zero attached hydrogens (tertiary/aromatic N) is 10. The monoisotopic (exact) mass is 820 g/mol. The van der Waals surface area contributed by atoms with Gasteiger partial charge < -0.3 is 24.7 Å². The van der Waals surface area contributed by atoms with Gasteiger partial charge in [0.05, 0.1) is 24.4 Å². The molecule has 304 valence electrons. The van der Waals surface area contributed by atoms with Gasteiger partial charge in [-0.15, -0.1) is 5.10 Å². The SMILES string of the molecule is CC[C@@H]([C@H](C)OP(=O)(O)O)n1ncn(-c2ccc(N3CCN(c4ccc(-c5ccc(C(F)(F)C(O)(Cn6cnnn6)c6ccccc6F)nc5)cc4)CC3)cc2)c1=O. The van der Waals surface area contributed by atoms with E-state index in [1.165, 1.54) is 46.9 Å². The molecule has 0 aliphatic carbocycles. The number of hydrogen-bond donors (Lipinski definition) is 3. The average molecular weight is 821 g/mol. The van der Waals surface area contributed by atoms with E-state index in [4.69, 9.17) is 4.52 Å². The molecule has 3 aromatic heterocycles. The third kappa shape index (κ3) is 8.17. The number of hydrogen-bond acceptors (Lipinski definition) is 11. The van der Waals surface area contributed by atoms with E-state index in [0.29, 0.717) is 17.7 Å². The third-order valence-corrected chi connectivity index (χ3v) is 10.9. The van der Waals surface area contributed by atoms with Crippen LogP contribution in [-0.2, 0) is 27.2 Å². The Morgan fingerprint density at radius 3 is 2.02 bits per heavy atom. The van der Waals surface area contributed by atoms with Crippen molar-refractivity contribution in [2.75, 3.05) is 36.0 Å². The van der Waals surface area contributed by atoms with Crippen LogP contribution in [0.5, 0.6) is 0 Å². The molecule has 3 atom stereocenters. The first-order valence-corrected chi connectivity index (χ1v) is 19.8. The van der Waals surface area contributed by atoms with E-state index in [-0.39, 0.29) is 0 Å². The van der Waals surface area contributed by atoms with E-state index >= 15 is 8.78 Å². The van der Waals surface area contributed by atoms with E-state index in [0.717, 1.165) is 72.3 Å². The molecule has 58 heavy (non-hydrogen) atoms. The summed E-state index contributed by atoms with van der Waals surface area (Å²) >= 11 is 0. The van der Waals surface area contributed by atoms with Gasteiger partial charge in [0.1, 0.15) is 24.2 Å². The first kappa shape index (κ1) is 40.5. The van der Waals surface area contributed by atoms with Gasteiger partial charge in [0, 0.05) is 54.9 Å². The quantitative estimate of drug-likeness (QED) is 0.129. The van der Waals surface area contributed by atoms with Crippen LogP contribution in [0.25, 0.3) is 16.8 Å². The normalized spacial score (nSPS) is 15.9. The summed E-state index contributed by atoms with van der Waals surface area (Å²) in [6.07, 6.45) is 3.12. The minimum atomic E-state index is -4.75. The molecule has 1 unspecified atom stereocenters. The van der Waals surface area contributed by atoms with Crippen LogP contribution >= 0.6 is 7.82 Å². The highest BCUT2D eigenvalue weighted by molar-refractivity contribution is 7.46. The largest absolute Gasteiger partial charge is 0.469 e. The van der Waals surface area contributed by atoms with Crippen LogP contribution in [0.4, 0.5) is 24.5 Å². The van der Waals surface area contributed by atoms with Gasteiger partial charge in [-0.1, -0.05) is 43.3 Å². The maximum atomic E-state index is 16.2. The third-order valence-electron chi connectivity index (χ3n) is 10.3. The molecule has 1 fully saturated rings. The van der Waals surface area contributed by atoms with E-state index in [9.17, 15) is 28.6 Å². The number of anilines is 2. The van der Waals surface area contributed by atoms with E-state index < -0.39 is 60.8 Å². The summed E-state index contributed by atoms with van der Waals surface area (Å²) in [5.41, 5.74) is -1.07. The minimum absolute atomic E-state index is 0.363. The summed E-state index contributed by atoms with van der Waals surface area (Å²) in [6.45, 7) is 5.32. The molecule has 0 amide bonds. The molecular formula is C38H40F3N10O6P. The lowest BCUT2D eigenvalue weighted by molar-refractivity contribution is -0.207. The number of phosphoric acid groups is 1. The number of rotatable bonds is 14. The molecule has 4 heterocycles. The molecular weight excluding hydrogens is 780 g/mol. The molecule has 1 aliphatic rings. The highest BCUT2D eigenvalue weighted by atomic mass is 31.2. The zero-order chi connectivity index (χ0) is 41.2.